The Kier molecular flexibility index (Phi) is 4.82. The van der Waals surface area contributed by atoms with Crippen LogP contribution < -0.4 is 10.6 Å². The van der Waals surface area contributed by atoms with Crippen molar-refractivity contribution in [1.29, 1.82) is 0 Å². The average molecular weight is 224 g/mol. The minimum Gasteiger partial charge on any atom is -0.361 e. The standard InChI is InChI=1S/C11H20N4O/c1-5-9-8(10(6-2)16-15-9)7-14-11(12-3)13-4/h5-7H2,1-4H3,(H2,12,13,14). The van der Waals surface area contributed by atoms with Gasteiger partial charge in [0.25, 0.3) is 0 Å². The smallest absolute Gasteiger partial charge is 0.190 e. The van der Waals surface area contributed by atoms with Crippen molar-refractivity contribution in [3.63, 3.8) is 0 Å². The molecule has 0 spiro atoms. The van der Waals surface area contributed by atoms with Gasteiger partial charge in [-0.2, -0.15) is 0 Å². The van der Waals surface area contributed by atoms with Crippen molar-refractivity contribution < 1.29 is 4.52 Å². The zero-order valence-corrected chi connectivity index (χ0v) is 10.4. The molecular weight excluding hydrogens is 204 g/mol. The maximum atomic E-state index is 5.29. The molecule has 0 aromatic carbocycles. The lowest BCUT2D eigenvalue weighted by Gasteiger charge is -2.08. The first-order valence-corrected chi connectivity index (χ1v) is 5.61. The molecule has 2 N–H and O–H groups in total. The van der Waals surface area contributed by atoms with Crippen LogP contribution in [0.5, 0.6) is 0 Å². The fourth-order valence-electron chi connectivity index (χ4n) is 1.59. The largest absolute Gasteiger partial charge is 0.361 e. The average Bonchev–Trinajstić information content (AvgIpc) is 2.72. The third-order valence-electron chi connectivity index (χ3n) is 2.50. The van der Waals surface area contributed by atoms with Crippen LogP contribution in [-0.4, -0.2) is 25.2 Å². The minimum atomic E-state index is 0.698. The van der Waals surface area contributed by atoms with E-state index in [4.69, 9.17) is 4.52 Å². The lowest BCUT2D eigenvalue weighted by atomic mass is 10.1. The Morgan fingerprint density at radius 2 is 2.12 bits per heavy atom. The number of rotatable bonds is 4. The molecule has 0 fully saturated rings. The number of aromatic nitrogens is 1. The summed E-state index contributed by atoms with van der Waals surface area (Å²) in [6, 6.07) is 0. The molecule has 0 saturated carbocycles. The normalized spacial score (nSPS) is 11.6. The van der Waals surface area contributed by atoms with E-state index in [9.17, 15) is 0 Å². The SMILES string of the molecule is CCc1noc(CC)c1CNC(=NC)NC. The topological polar surface area (TPSA) is 62.5 Å². The quantitative estimate of drug-likeness (QED) is 0.593. The van der Waals surface area contributed by atoms with Gasteiger partial charge in [0.1, 0.15) is 5.76 Å². The number of guanidine groups is 1. The van der Waals surface area contributed by atoms with Crippen molar-refractivity contribution in [3.8, 4) is 0 Å². The number of aliphatic imine (C=N–C) groups is 1. The molecule has 1 aromatic rings. The van der Waals surface area contributed by atoms with Crippen molar-refractivity contribution in [2.75, 3.05) is 14.1 Å². The van der Waals surface area contributed by atoms with Crippen LogP contribution in [-0.2, 0) is 19.4 Å². The predicted octanol–water partition coefficient (Wildman–Crippen LogP) is 1.09. The molecule has 0 bridgehead atoms. The van der Waals surface area contributed by atoms with E-state index in [1.54, 1.807) is 7.05 Å². The van der Waals surface area contributed by atoms with Crippen molar-refractivity contribution >= 4 is 5.96 Å². The summed E-state index contributed by atoms with van der Waals surface area (Å²) in [5.74, 6) is 1.72. The van der Waals surface area contributed by atoms with Gasteiger partial charge in [-0.05, 0) is 6.42 Å². The summed E-state index contributed by atoms with van der Waals surface area (Å²) in [5, 5.41) is 10.2. The Morgan fingerprint density at radius 1 is 1.38 bits per heavy atom. The molecule has 0 amide bonds. The number of nitrogens with zero attached hydrogens (tertiary/aromatic N) is 2. The fourth-order valence-corrected chi connectivity index (χ4v) is 1.59. The van der Waals surface area contributed by atoms with E-state index < -0.39 is 0 Å². The second-order valence-corrected chi connectivity index (χ2v) is 3.41. The molecule has 0 aliphatic rings. The van der Waals surface area contributed by atoms with Crippen LogP contribution in [0.3, 0.4) is 0 Å². The summed E-state index contributed by atoms with van der Waals surface area (Å²) < 4.78 is 5.29. The van der Waals surface area contributed by atoms with E-state index in [1.807, 2.05) is 7.05 Å². The van der Waals surface area contributed by atoms with Gasteiger partial charge in [-0.3, -0.25) is 4.99 Å². The second-order valence-electron chi connectivity index (χ2n) is 3.41. The predicted molar refractivity (Wildman–Crippen MR) is 64.5 cm³/mol. The highest BCUT2D eigenvalue weighted by Crippen LogP contribution is 2.15. The third kappa shape index (κ3) is 2.74. The van der Waals surface area contributed by atoms with Crippen LogP contribution in [0.15, 0.2) is 9.52 Å². The zero-order valence-electron chi connectivity index (χ0n) is 10.4. The molecule has 0 aliphatic heterocycles. The Hall–Kier alpha value is -1.52. The van der Waals surface area contributed by atoms with Crippen LogP contribution in [0, 0.1) is 0 Å². The van der Waals surface area contributed by atoms with Crippen LogP contribution in [0.1, 0.15) is 30.9 Å². The van der Waals surface area contributed by atoms with Gasteiger partial charge in [0.15, 0.2) is 5.96 Å². The molecule has 5 heteroatoms. The van der Waals surface area contributed by atoms with E-state index in [0.717, 1.165) is 35.8 Å². The number of hydrogen-bond acceptors (Lipinski definition) is 3. The van der Waals surface area contributed by atoms with E-state index >= 15 is 0 Å². The van der Waals surface area contributed by atoms with Gasteiger partial charge >= 0.3 is 0 Å². The van der Waals surface area contributed by atoms with Crippen LogP contribution in [0.25, 0.3) is 0 Å². The monoisotopic (exact) mass is 224 g/mol. The van der Waals surface area contributed by atoms with Crippen molar-refractivity contribution in [3.05, 3.63) is 17.0 Å². The molecule has 1 rings (SSSR count). The summed E-state index contributed by atoms with van der Waals surface area (Å²) in [6.07, 6.45) is 1.75. The molecular formula is C11H20N4O. The van der Waals surface area contributed by atoms with Gasteiger partial charge in [-0.15, -0.1) is 0 Å². The van der Waals surface area contributed by atoms with Crippen molar-refractivity contribution in [1.82, 2.24) is 15.8 Å². The summed E-state index contributed by atoms with van der Waals surface area (Å²) >= 11 is 0. The molecule has 1 aromatic heterocycles. The minimum absolute atomic E-state index is 0.698. The molecule has 0 aliphatic carbocycles. The van der Waals surface area contributed by atoms with Gasteiger partial charge in [0, 0.05) is 32.6 Å². The van der Waals surface area contributed by atoms with Gasteiger partial charge in [-0.1, -0.05) is 19.0 Å². The molecule has 0 unspecified atom stereocenters. The highest BCUT2D eigenvalue weighted by molar-refractivity contribution is 5.79. The van der Waals surface area contributed by atoms with E-state index in [0.29, 0.717) is 6.54 Å². The van der Waals surface area contributed by atoms with Gasteiger partial charge in [-0.25, -0.2) is 0 Å². The Balaban J connectivity index is 2.75. The van der Waals surface area contributed by atoms with E-state index in [1.165, 1.54) is 0 Å². The third-order valence-corrected chi connectivity index (χ3v) is 2.50. The van der Waals surface area contributed by atoms with Crippen LogP contribution >= 0.6 is 0 Å². The summed E-state index contributed by atoms with van der Waals surface area (Å²) in [4.78, 5) is 4.06. The van der Waals surface area contributed by atoms with Gasteiger partial charge < -0.3 is 15.2 Å². The first kappa shape index (κ1) is 12.5. The lowest BCUT2D eigenvalue weighted by Crippen LogP contribution is -2.34. The molecule has 90 valence electrons. The van der Waals surface area contributed by atoms with Gasteiger partial charge in [0.2, 0.25) is 0 Å². The number of nitrogens with one attached hydrogen (secondary N) is 2. The Labute approximate surface area is 96.3 Å². The Bertz CT molecular complexity index is 335. The molecule has 5 nitrogen and oxygen atoms in total. The highest BCUT2D eigenvalue weighted by atomic mass is 16.5. The molecule has 16 heavy (non-hydrogen) atoms. The first-order chi connectivity index (χ1) is 7.76. The van der Waals surface area contributed by atoms with Crippen LogP contribution in [0.2, 0.25) is 0 Å². The first-order valence-electron chi connectivity index (χ1n) is 5.61. The molecule has 0 saturated heterocycles. The van der Waals surface area contributed by atoms with Gasteiger partial charge in [0.05, 0.1) is 5.69 Å². The molecule has 1 heterocycles. The lowest BCUT2D eigenvalue weighted by molar-refractivity contribution is 0.380. The summed E-state index contributed by atoms with van der Waals surface area (Å²) in [6.45, 7) is 4.84. The second kappa shape index (κ2) is 6.15. The molecule has 0 radical (unpaired) electrons. The maximum Gasteiger partial charge on any atom is 0.190 e. The van der Waals surface area contributed by atoms with Crippen LogP contribution in [0.4, 0.5) is 0 Å². The van der Waals surface area contributed by atoms with Crippen molar-refractivity contribution in [2.24, 2.45) is 4.99 Å². The van der Waals surface area contributed by atoms with E-state index in [2.05, 4.69) is 34.6 Å². The summed E-state index contributed by atoms with van der Waals surface area (Å²) in [5.41, 5.74) is 2.18. The fraction of sp³-hybridized carbons (Fsp3) is 0.636. The van der Waals surface area contributed by atoms with E-state index in [-0.39, 0.29) is 0 Å². The molecule has 0 atom stereocenters. The highest BCUT2D eigenvalue weighted by Gasteiger charge is 2.13. The zero-order chi connectivity index (χ0) is 12.0. The number of hydrogen-bond donors (Lipinski definition) is 2. The Morgan fingerprint density at radius 3 is 2.62 bits per heavy atom. The summed E-state index contributed by atoms with van der Waals surface area (Å²) in [7, 11) is 3.58. The maximum absolute atomic E-state index is 5.29. The van der Waals surface area contributed by atoms with Crippen molar-refractivity contribution in [2.45, 2.75) is 33.2 Å². The number of aryl methyl sites for hydroxylation is 2.